The Labute approximate surface area is 222 Å². The molecule has 3 rings (SSSR count). The second-order valence-electron chi connectivity index (χ2n) is 10.7. The topological polar surface area (TPSA) is 53.1 Å². The summed E-state index contributed by atoms with van der Waals surface area (Å²) >= 11 is 0. The van der Waals surface area contributed by atoms with Crippen molar-refractivity contribution in [3.63, 3.8) is 0 Å². The number of benzene rings is 2. The fraction of sp³-hybridized carbons (Fsp3) is 0.484. The molecule has 1 aliphatic rings. The first-order valence-corrected chi connectivity index (χ1v) is 13.4. The molecule has 200 valence electrons. The van der Waals surface area contributed by atoms with Gasteiger partial charge < -0.3 is 14.5 Å². The van der Waals surface area contributed by atoms with Gasteiger partial charge in [0.2, 0.25) is 5.91 Å². The van der Waals surface area contributed by atoms with E-state index in [0.717, 1.165) is 42.9 Å². The van der Waals surface area contributed by atoms with Gasteiger partial charge in [0, 0.05) is 63.4 Å². The van der Waals surface area contributed by atoms with Crippen LogP contribution in [0.15, 0.2) is 54.6 Å². The number of amides is 2. The minimum Gasteiger partial charge on any atom is -0.496 e. The van der Waals surface area contributed by atoms with Gasteiger partial charge in [-0.15, -0.1) is 0 Å². The normalized spacial score (nSPS) is 14.7. The van der Waals surface area contributed by atoms with Crippen LogP contribution in [0.4, 0.5) is 0 Å². The number of hydrogen-bond donors (Lipinski definition) is 0. The van der Waals surface area contributed by atoms with Crippen LogP contribution in [0, 0.1) is 0 Å². The quantitative estimate of drug-likeness (QED) is 0.451. The summed E-state index contributed by atoms with van der Waals surface area (Å²) in [7, 11) is 1.67. The summed E-state index contributed by atoms with van der Waals surface area (Å²) in [5.74, 6) is 1.10. The molecule has 0 unspecified atom stereocenters. The van der Waals surface area contributed by atoms with Crippen LogP contribution in [-0.2, 0) is 10.2 Å². The first-order chi connectivity index (χ1) is 17.7. The van der Waals surface area contributed by atoms with Crippen LogP contribution < -0.4 is 4.74 Å². The number of ether oxygens (including phenoxy) is 1. The van der Waals surface area contributed by atoms with Gasteiger partial charge in [-0.1, -0.05) is 70.2 Å². The zero-order chi connectivity index (χ0) is 26.8. The lowest BCUT2D eigenvalue weighted by Gasteiger charge is -2.36. The molecule has 0 saturated carbocycles. The fourth-order valence-electron chi connectivity index (χ4n) is 4.53. The molecule has 0 aliphatic carbocycles. The highest BCUT2D eigenvalue weighted by atomic mass is 16.5. The maximum absolute atomic E-state index is 13.0. The van der Waals surface area contributed by atoms with Gasteiger partial charge in [0.05, 0.1) is 7.11 Å². The van der Waals surface area contributed by atoms with Gasteiger partial charge in [-0.2, -0.15) is 0 Å². The Morgan fingerprint density at radius 3 is 2.30 bits per heavy atom. The number of hydrogen-bond acceptors (Lipinski definition) is 4. The van der Waals surface area contributed by atoms with E-state index in [2.05, 4.69) is 37.8 Å². The molecule has 0 N–H and O–H groups in total. The molecule has 0 radical (unpaired) electrons. The van der Waals surface area contributed by atoms with Crippen molar-refractivity contribution in [2.75, 3.05) is 52.9 Å². The van der Waals surface area contributed by atoms with Crippen molar-refractivity contribution in [2.45, 2.75) is 46.0 Å². The average Bonchev–Trinajstić information content (AvgIpc) is 2.90. The molecule has 1 saturated heterocycles. The van der Waals surface area contributed by atoms with Crippen molar-refractivity contribution >= 4 is 17.9 Å². The van der Waals surface area contributed by atoms with Crippen LogP contribution >= 0.6 is 0 Å². The molecule has 6 heteroatoms. The van der Waals surface area contributed by atoms with E-state index in [9.17, 15) is 9.59 Å². The molecule has 6 nitrogen and oxygen atoms in total. The monoisotopic (exact) mass is 505 g/mol. The second kappa shape index (κ2) is 13.4. The zero-order valence-electron chi connectivity index (χ0n) is 23.2. The number of para-hydroxylation sites is 1. The number of carbonyl (C=O) groups excluding carboxylic acids is 2. The summed E-state index contributed by atoms with van der Waals surface area (Å²) < 4.78 is 5.42. The number of carbonyl (C=O) groups is 2. The number of rotatable bonds is 10. The third-order valence-corrected chi connectivity index (χ3v) is 6.92. The van der Waals surface area contributed by atoms with E-state index in [1.54, 1.807) is 7.11 Å². The van der Waals surface area contributed by atoms with Gasteiger partial charge in [-0.05, 0) is 35.6 Å². The molecule has 0 aromatic heterocycles. The molecule has 1 fully saturated rings. The third kappa shape index (κ3) is 8.19. The van der Waals surface area contributed by atoms with Crippen LogP contribution in [0.3, 0.4) is 0 Å². The average molecular weight is 506 g/mol. The standard InChI is InChI=1S/C31H43N3O3/c1-6-10-29(35)33(18-9-12-25-11-7-8-13-28(25)37-5)22-19-32-20-23-34(24-21-32)30(36)26-14-16-27(17-15-26)31(2,3)4/h7-9,11-17H,6,10,18-24H2,1-5H3/b12-9+. The van der Waals surface area contributed by atoms with E-state index in [0.29, 0.717) is 32.6 Å². The third-order valence-electron chi connectivity index (χ3n) is 6.92. The van der Waals surface area contributed by atoms with Crippen LogP contribution in [0.2, 0.25) is 0 Å². The first-order valence-electron chi connectivity index (χ1n) is 13.4. The SMILES string of the molecule is CCCC(=O)N(C/C=C/c1ccccc1OC)CCN1CCN(C(=O)c2ccc(C(C)(C)C)cc2)CC1. The lowest BCUT2D eigenvalue weighted by Crippen LogP contribution is -2.50. The van der Waals surface area contributed by atoms with E-state index in [1.165, 1.54) is 5.56 Å². The molecule has 2 amide bonds. The summed E-state index contributed by atoms with van der Waals surface area (Å²) in [6.45, 7) is 13.7. The van der Waals surface area contributed by atoms with E-state index in [4.69, 9.17) is 4.74 Å². The Balaban J connectivity index is 1.51. The Morgan fingerprint density at radius 1 is 1.00 bits per heavy atom. The minimum atomic E-state index is 0.0732. The molecular weight excluding hydrogens is 462 g/mol. The van der Waals surface area contributed by atoms with Crippen molar-refractivity contribution in [1.82, 2.24) is 14.7 Å². The molecule has 2 aromatic rings. The molecule has 1 aliphatic heterocycles. The highest BCUT2D eigenvalue weighted by molar-refractivity contribution is 5.94. The molecule has 37 heavy (non-hydrogen) atoms. The summed E-state index contributed by atoms with van der Waals surface area (Å²) in [5.41, 5.74) is 3.05. The Morgan fingerprint density at radius 2 is 1.68 bits per heavy atom. The highest BCUT2D eigenvalue weighted by Crippen LogP contribution is 2.23. The minimum absolute atomic E-state index is 0.0732. The van der Waals surface area contributed by atoms with Crippen molar-refractivity contribution in [3.8, 4) is 5.75 Å². The van der Waals surface area contributed by atoms with Crippen LogP contribution in [0.5, 0.6) is 5.75 Å². The lowest BCUT2D eigenvalue weighted by atomic mass is 9.86. The smallest absolute Gasteiger partial charge is 0.253 e. The summed E-state index contributed by atoms with van der Waals surface area (Å²) in [6, 6.07) is 15.9. The van der Waals surface area contributed by atoms with E-state index < -0.39 is 0 Å². The van der Waals surface area contributed by atoms with Crippen molar-refractivity contribution < 1.29 is 14.3 Å². The second-order valence-corrected chi connectivity index (χ2v) is 10.7. The number of methoxy groups -OCH3 is 1. The maximum Gasteiger partial charge on any atom is 0.253 e. The molecule has 0 spiro atoms. The highest BCUT2D eigenvalue weighted by Gasteiger charge is 2.23. The van der Waals surface area contributed by atoms with E-state index in [1.807, 2.05) is 65.3 Å². The van der Waals surface area contributed by atoms with Crippen LogP contribution in [0.1, 0.15) is 62.0 Å². The van der Waals surface area contributed by atoms with Crippen LogP contribution in [-0.4, -0.2) is 79.4 Å². The van der Waals surface area contributed by atoms with E-state index >= 15 is 0 Å². The molecular formula is C31H43N3O3. The van der Waals surface area contributed by atoms with Gasteiger partial charge >= 0.3 is 0 Å². The molecule has 0 bridgehead atoms. The van der Waals surface area contributed by atoms with Gasteiger partial charge in [0.15, 0.2) is 0 Å². The van der Waals surface area contributed by atoms with Crippen LogP contribution in [0.25, 0.3) is 6.08 Å². The Kier molecular flexibility index (Phi) is 10.3. The summed E-state index contributed by atoms with van der Waals surface area (Å²) in [4.78, 5) is 32.0. The van der Waals surface area contributed by atoms with Gasteiger partial charge in [0.25, 0.3) is 5.91 Å². The fourth-order valence-corrected chi connectivity index (χ4v) is 4.53. The summed E-state index contributed by atoms with van der Waals surface area (Å²) in [5, 5.41) is 0. The Hall–Kier alpha value is -3.12. The summed E-state index contributed by atoms with van der Waals surface area (Å²) in [6.07, 6.45) is 5.44. The zero-order valence-corrected chi connectivity index (χ0v) is 23.2. The number of piperazine rings is 1. The predicted octanol–water partition coefficient (Wildman–Crippen LogP) is 5.09. The molecule has 2 aromatic carbocycles. The molecule has 0 atom stereocenters. The first kappa shape index (κ1) is 28.5. The van der Waals surface area contributed by atoms with Crippen molar-refractivity contribution in [3.05, 3.63) is 71.3 Å². The van der Waals surface area contributed by atoms with Gasteiger partial charge in [-0.3, -0.25) is 14.5 Å². The van der Waals surface area contributed by atoms with Gasteiger partial charge in [-0.25, -0.2) is 0 Å². The maximum atomic E-state index is 13.0. The Bertz CT molecular complexity index is 1050. The van der Waals surface area contributed by atoms with Crippen molar-refractivity contribution in [1.29, 1.82) is 0 Å². The van der Waals surface area contributed by atoms with E-state index in [-0.39, 0.29) is 17.2 Å². The van der Waals surface area contributed by atoms with Gasteiger partial charge in [0.1, 0.15) is 5.75 Å². The largest absolute Gasteiger partial charge is 0.496 e. The molecule has 1 heterocycles. The predicted molar refractivity (Wildman–Crippen MR) is 151 cm³/mol. The number of nitrogens with zero attached hydrogens (tertiary/aromatic N) is 3. The van der Waals surface area contributed by atoms with Crippen molar-refractivity contribution in [2.24, 2.45) is 0 Å². The lowest BCUT2D eigenvalue weighted by molar-refractivity contribution is -0.131.